The fourth-order valence-electron chi connectivity index (χ4n) is 11.3. The number of nitrogens with one attached hydrogen (secondary N) is 4. The molecule has 3 aliphatic heterocycles. The van der Waals surface area contributed by atoms with Gasteiger partial charge >= 0.3 is 0 Å². The van der Waals surface area contributed by atoms with E-state index in [2.05, 4.69) is 43.9 Å². The van der Waals surface area contributed by atoms with Crippen LogP contribution in [-0.4, -0.2) is 240 Å². The minimum absolute atomic E-state index is 0.00446. The predicted molar refractivity (Wildman–Crippen MR) is 341 cm³/mol. The Kier molecular flexibility index (Phi) is 28.6. The van der Waals surface area contributed by atoms with Crippen molar-refractivity contribution in [2.45, 2.75) is 193 Å². The second-order valence-corrected chi connectivity index (χ2v) is 27.1. The molecule has 25 heteroatoms. The minimum atomic E-state index is -1.68. The van der Waals surface area contributed by atoms with Crippen LogP contribution in [0.5, 0.6) is 0 Å². The average Bonchev–Trinajstić information content (AvgIpc) is 3.50. The number of hydrogen-bond acceptors (Lipinski definition) is 12. The van der Waals surface area contributed by atoms with E-state index in [1.165, 1.54) is 87.7 Å². The van der Waals surface area contributed by atoms with Crippen LogP contribution in [0.2, 0.25) is 0 Å². The number of rotatable bonds is 9. The highest BCUT2D eigenvalue weighted by atomic mass is 127. The zero-order valence-corrected chi connectivity index (χ0v) is 57.0. The molecule has 0 aromatic heterocycles. The molecule has 3 fully saturated rings. The molecule has 0 radical (unpaired) electrons. The van der Waals surface area contributed by atoms with Crippen LogP contribution < -0.4 is 21.3 Å². The molecule has 24 nitrogen and oxygen atoms in total. The SMILES string of the molecule is CC[C@H](C)[C@@H]1NC(=O)[C@H](CC(C)C)N(C)C(=O)C[C@@H](C(=O)N2CCCCC2)N(C)C(=O)[C@H](CC(C)C)NC(=O)C(C)(C)N(C)C(=O)[C@@H]2CCCCCC[C@@H](C(=O)N(C)CC(=O)NC(Cc3cccc(I)c3)C(=O)N2)N(C)C(=O)CN(C)C(=O)CN(C)C1=O. The first kappa shape index (κ1) is 74.1. The maximum atomic E-state index is 15.1. The molecule has 492 valence electrons. The summed E-state index contributed by atoms with van der Waals surface area (Å²) in [6.07, 6.45) is 4.53. The lowest BCUT2D eigenvalue weighted by atomic mass is 9.95. The van der Waals surface area contributed by atoms with Gasteiger partial charge in [0.25, 0.3) is 0 Å². The molecule has 1 unspecified atom stereocenters. The number of likely N-dealkylation sites (N-methyl/N-ethyl adjacent to an activating group) is 7. The molecular weight excluding hydrogens is 1240 g/mol. The highest BCUT2D eigenvalue weighted by molar-refractivity contribution is 14.1. The lowest BCUT2D eigenvalue weighted by Crippen LogP contribution is -2.63. The van der Waals surface area contributed by atoms with Gasteiger partial charge in [0.15, 0.2) is 0 Å². The molecule has 1 aromatic rings. The van der Waals surface area contributed by atoms with Gasteiger partial charge in [-0.2, -0.15) is 0 Å². The third kappa shape index (κ3) is 20.6. The Morgan fingerprint density at radius 3 is 1.80 bits per heavy atom. The molecular formula is C63H101IN12O12. The normalized spacial score (nSPS) is 25.8. The van der Waals surface area contributed by atoms with Crippen molar-refractivity contribution in [1.29, 1.82) is 0 Å². The fourth-order valence-corrected chi connectivity index (χ4v) is 11.9. The fraction of sp³-hybridized carbons (Fsp3) is 0.714. The number of hydrogen-bond donors (Lipinski definition) is 4. The predicted octanol–water partition coefficient (Wildman–Crippen LogP) is 2.77. The number of piperidine rings is 1. The van der Waals surface area contributed by atoms with E-state index in [-0.39, 0.29) is 43.9 Å². The minimum Gasteiger partial charge on any atom is -0.343 e. The molecule has 12 amide bonds. The van der Waals surface area contributed by atoms with Crippen LogP contribution >= 0.6 is 22.6 Å². The summed E-state index contributed by atoms with van der Waals surface area (Å²) in [6, 6.07) is -1.23. The summed E-state index contributed by atoms with van der Waals surface area (Å²) in [5.74, 6) is -8.41. The Labute approximate surface area is 535 Å². The Morgan fingerprint density at radius 1 is 0.602 bits per heavy atom. The van der Waals surface area contributed by atoms with Crippen molar-refractivity contribution in [3.63, 3.8) is 0 Å². The Bertz CT molecular complexity index is 2670. The number of fused-ring (bicyclic) bond motifs is 7. The smallest absolute Gasteiger partial charge is 0.246 e. The van der Waals surface area contributed by atoms with Gasteiger partial charge in [0.2, 0.25) is 70.9 Å². The lowest BCUT2D eigenvalue weighted by Gasteiger charge is -2.39. The van der Waals surface area contributed by atoms with E-state index in [9.17, 15) is 47.9 Å². The number of halogens is 1. The van der Waals surface area contributed by atoms with Gasteiger partial charge in [-0.15, -0.1) is 0 Å². The summed E-state index contributed by atoms with van der Waals surface area (Å²) in [7, 11) is 9.93. The molecule has 3 heterocycles. The van der Waals surface area contributed by atoms with Gasteiger partial charge in [-0.3, -0.25) is 57.5 Å². The summed E-state index contributed by atoms with van der Waals surface area (Å²) < 4.78 is 0.864. The molecule has 0 spiro atoms. The molecule has 4 N–H and O–H groups in total. The van der Waals surface area contributed by atoms with Gasteiger partial charge in [-0.1, -0.05) is 85.8 Å². The number of carbonyl (C=O) groups excluding carboxylic acids is 12. The number of amides is 12. The van der Waals surface area contributed by atoms with Crippen LogP contribution in [0.3, 0.4) is 0 Å². The zero-order chi connectivity index (χ0) is 66.1. The molecule has 4 rings (SSSR count). The second kappa shape index (κ2) is 34.0. The van der Waals surface area contributed by atoms with E-state index in [0.717, 1.165) is 19.8 Å². The third-order valence-corrected chi connectivity index (χ3v) is 18.2. The summed E-state index contributed by atoms with van der Waals surface area (Å²) in [5, 5.41) is 11.5. The van der Waals surface area contributed by atoms with Crippen molar-refractivity contribution in [2.24, 2.45) is 17.8 Å². The first-order valence-corrected chi connectivity index (χ1v) is 32.3. The molecule has 8 atom stereocenters. The van der Waals surface area contributed by atoms with Crippen LogP contribution in [0.1, 0.15) is 144 Å². The van der Waals surface area contributed by atoms with Crippen molar-refractivity contribution in [1.82, 2.24) is 60.5 Å². The van der Waals surface area contributed by atoms with Crippen LogP contribution in [0.4, 0.5) is 0 Å². The first-order chi connectivity index (χ1) is 41.2. The summed E-state index contributed by atoms with van der Waals surface area (Å²) in [5.41, 5.74) is -0.992. The molecule has 3 saturated heterocycles. The second-order valence-electron chi connectivity index (χ2n) is 25.9. The lowest BCUT2D eigenvalue weighted by molar-refractivity contribution is -0.152. The number of carbonyl (C=O) groups is 12. The quantitative estimate of drug-likeness (QED) is 0.260. The van der Waals surface area contributed by atoms with Crippen molar-refractivity contribution in [2.75, 3.05) is 82.1 Å². The average molecular weight is 1350 g/mol. The van der Waals surface area contributed by atoms with Gasteiger partial charge in [0, 0.05) is 72.4 Å². The number of nitrogens with zero attached hydrogens (tertiary/aromatic N) is 8. The van der Waals surface area contributed by atoms with Gasteiger partial charge in [-0.25, -0.2) is 0 Å². The maximum Gasteiger partial charge on any atom is 0.246 e. The van der Waals surface area contributed by atoms with E-state index in [0.29, 0.717) is 63.6 Å². The Morgan fingerprint density at radius 2 is 1.19 bits per heavy atom. The van der Waals surface area contributed by atoms with E-state index < -0.39 is 151 Å². The molecule has 0 aliphatic carbocycles. The van der Waals surface area contributed by atoms with Crippen LogP contribution in [0.15, 0.2) is 24.3 Å². The summed E-state index contributed by atoms with van der Waals surface area (Å²) >= 11 is 2.14. The van der Waals surface area contributed by atoms with Crippen molar-refractivity contribution >= 4 is 93.5 Å². The zero-order valence-electron chi connectivity index (χ0n) is 54.9. The van der Waals surface area contributed by atoms with E-state index in [1.807, 2.05) is 46.8 Å². The molecule has 1 aromatic carbocycles. The van der Waals surface area contributed by atoms with Crippen molar-refractivity contribution < 1.29 is 57.5 Å². The monoisotopic (exact) mass is 1340 g/mol. The van der Waals surface area contributed by atoms with Gasteiger partial charge in [0.1, 0.15) is 47.8 Å². The van der Waals surface area contributed by atoms with Crippen molar-refractivity contribution in [3.8, 4) is 0 Å². The van der Waals surface area contributed by atoms with E-state index in [1.54, 1.807) is 24.0 Å². The maximum absolute atomic E-state index is 15.1. The van der Waals surface area contributed by atoms with Crippen LogP contribution in [0.25, 0.3) is 0 Å². The van der Waals surface area contributed by atoms with Gasteiger partial charge < -0.3 is 60.5 Å². The standard InChI is InChI=1S/C63H101IN12O12/c1-16-41(6)54-61(87)71(11)37-52(79)69(9)38-53(80)72(12)47-28-21-18-17-20-27-44(66-55(81)45(34-42-25-24-26-43(64)33-42)65-50(77)36-70(10)59(47)85)58(84)75(15)63(7,8)62(88)67-46(31-39(2)3)57(83)74(14)49(60(86)76-29-22-19-23-30-76)35-51(78)73(13)48(32-40(4)5)56(82)68-54/h24-26,33,39-41,44-49,54H,16-23,27-32,34-38H2,1-15H3,(H,65,77)(H,66,81)(H,67,88)(H,68,82)/t41-,44-,45?,46-,47-,48-,49-,54-/m0/s1. The van der Waals surface area contributed by atoms with Gasteiger partial charge in [-0.05, 0) is 117 Å². The largest absolute Gasteiger partial charge is 0.343 e. The number of benzene rings is 1. The Hall–Kier alpha value is -6.41. The molecule has 2 bridgehead atoms. The third-order valence-electron chi connectivity index (χ3n) is 17.6. The van der Waals surface area contributed by atoms with Crippen LogP contribution in [-0.2, 0) is 64.0 Å². The highest BCUT2D eigenvalue weighted by Crippen LogP contribution is 2.24. The molecule has 0 saturated carbocycles. The summed E-state index contributed by atoms with van der Waals surface area (Å²) in [4.78, 5) is 185. The Balaban J connectivity index is 1.89. The highest BCUT2D eigenvalue weighted by Gasteiger charge is 2.44. The summed E-state index contributed by atoms with van der Waals surface area (Å²) in [6.45, 7) is 13.4. The van der Waals surface area contributed by atoms with E-state index >= 15 is 9.59 Å². The van der Waals surface area contributed by atoms with Crippen LogP contribution in [0, 0.1) is 21.3 Å². The molecule has 88 heavy (non-hydrogen) atoms. The number of likely N-dealkylation sites (tertiary alicyclic amines) is 1. The molecule has 3 aliphatic rings. The van der Waals surface area contributed by atoms with Crippen molar-refractivity contribution in [3.05, 3.63) is 33.4 Å². The first-order valence-electron chi connectivity index (χ1n) is 31.3. The topological polar surface area (TPSA) is 279 Å². The van der Waals surface area contributed by atoms with E-state index in [4.69, 9.17) is 0 Å². The van der Waals surface area contributed by atoms with Gasteiger partial charge in [0.05, 0.1) is 26.1 Å².